The Bertz CT molecular complexity index is 713. The number of nitrogens with zero attached hydrogens (tertiary/aromatic N) is 1. The predicted octanol–water partition coefficient (Wildman–Crippen LogP) is 3.85. The molecule has 0 heterocycles. The van der Waals surface area contributed by atoms with Gasteiger partial charge in [-0.05, 0) is 38.1 Å². The average molecular weight is 332 g/mol. The molecule has 0 aliphatic heterocycles. The summed E-state index contributed by atoms with van der Waals surface area (Å²) < 4.78 is 18.9. The van der Waals surface area contributed by atoms with Crippen LogP contribution in [0.4, 0.5) is 14.9 Å². The van der Waals surface area contributed by atoms with Gasteiger partial charge >= 0.3 is 6.03 Å². The first-order valence-corrected chi connectivity index (χ1v) is 7.51. The zero-order valence-corrected chi connectivity index (χ0v) is 13.9. The number of rotatable bonds is 5. The van der Waals surface area contributed by atoms with Gasteiger partial charge < -0.3 is 20.1 Å². The molecule has 0 bridgehead atoms. The average Bonchev–Trinajstić information content (AvgIpc) is 2.47. The van der Waals surface area contributed by atoms with Crippen LogP contribution in [0, 0.1) is 5.82 Å². The minimum absolute atomic E-state index is 0.172. The van der Waals surface area contributed by atoms with Crippen molar-refractivity contribution >= 4 is 11.7 Å². The topological polar surface area (TPSA) is 61.8 Å². The number of carbonyl (C=O) groups is 1. The third-order valence-corrected chi connectivity index (χ3v) is 3.12. The van der Waals surface area contributed by atoms with Crippen molar-refractivity contribution in [1.29, 1.82) is 0 Å². The fourth-order valence-electron chi connectivity index (χ4n) is 2.18. The van der Waals surface area contributed by atoms with E-state index in [1.165, 1.54) is 17.0 Å². The van der Waals surface area contributed by atoms with Gasteiger partial charge in [0.1, 0.15) is 11.6 Å². The van der Waals surface area contributed by atoms with E-state index in [2.05, 4.69) is 5.32 Å². The lowest BCUT2D eigenvalue weighted by Gasteiger charge is -2.26. The van der Waals surface area contributed by atoms with Crippen molar-refractivity contribution in [2.24, 2.45) is 0 Å². The first kappa shape index (κ1) is 17.7. The van der Waals surface area contributed by atoms with Crippen molar-refractivity contribution in [3.8, 4) is 11.5 Å². The van der Waals surface area contributed by atoms with Gasteiger partial charge in [-0.2, -0.15) is 0 Å². The van der Waals surface area contributed by atoms with E-state index in [0.29, 0.717) is 17.2 Å². The SMILES string of the molecule is CN(CC(C)(C)O)C(=O)Nc1ccccc1Oc1cccc(F)c1. The lowest BCUT2D eigenvalue weighted by molar-refractivity contribution is 0.0550. The Hall–Kier alpha value is -2.60. The van der Waals surface area contributed by atoms with Crippen molar-refractivity contribution in [1.82, 2.24) is 4.90 Å². The first-order valence-electron chi connectivity index (χ1n) is 7.51. The van der Waals surface area contributed by atoms with E-state index >= 15 is 0 Å². The van der Waals surface area contributed by atoms with Crippen LogP contribution in [0.25, 0.3) is 0 Å². The van der Waals surface area contributed by atoms with E-state index in [4.69, 9.17) is 4.74 Å². The number of likely N-dealkylation sites (N-methyl/N-ethyl adjacent to an activating group) is 1. The highest BCUT2D eigenvalue weighted by Crippen LogP contribution is 2.29. The normalized spacial score (nSPS) is 11.0. The van der Waals surface area contributed by atoms with Crippen molar-refractivity contribution in [2.75, 3.05) is 18.9 Å². The molecule has 0 atom stereocenters. The van der Waals surface area contributed by atoms with Gasteiger partial charge in [0.15, 0.2) is 5.75 Å². The van der Waals surface area contributed by atoms with Crippen LogP contribution in [0.3, 0.4) is 0 Å². The van der Waals surface area contributed by atoms with Crippen LogP contribution in [0.5, 0.6) is 11.5 Å². The van der Waals surface area contributed by atoms with Crippen molar-refractivity contribution in [3.63, 3.8) is 0 Å². The molecule has 0 aliphatic rings. The molecule has 0 saturated carbocycles. The molecule has 0 unspecified atom stereocenters. The van der Waals surface area contributed by atoms with Crippen LogP contribution in [-0.4, -0.2) is 35.2 Å². The number of carbonyl (C=O) groups excluding carboxylic acids is 1. The lowest BCUT2D eigenvalue weighted by atomic mass is 10.1. The smallest absolute Gasteiger partial charge is 0.321 e. The Morgan fingerprint density at radius 1 is 1.25 bits per heavy atom. The molecule has 0 fully saturated rings. The quantitative estimate of drug-likeness (QED) is 0.874. The molecule has 2 aromatic carbocycles. The summed E-state index contributed by atoms with van der Waals surface area (Å²) in [5.41, 5.74) is -0.543. The van der Waals surface area contributed by atoms with Gasteiger partial charge in [-0.1, -0.05) is 18.2 Å². The van der Waals surface area contributed by atoms with Gasteiger partial charge in [-0.25, -0.2) is 9.18 Å². The minimum Gasteiger partial charge on any atom is -0.455 e. The number of hydrogen-bond acceptors (Lipinski definition) is 3. The number of amides is 2. The molecule has 5 nitrogen and oxygen atoms in total. The Morgan fingerprint density at radius 2 is 1.96 bits per heavy atom. The molecule has 6 heteroatoms. The largest absolute Gasteiger partial charge is 0.455 e. The van der Waals surface area contributed by atoms with Crippen LogP contribution in [0.2, 0.25) is 0 Å². The minimum atomic E-state index is -0.996. The second-order valence-corrected chi connectivity index (χ2v) is 6.15. The van der Waals surface area contributed by atoms with E-state index in [1.54, 1.807) is 57.3 Å². The number of para-hydroxylation sites is 2. The van der Waals surface area contributed by atoms with E-state index in [0.717, 1.165) is 0 Å². The number of urea groups is 1. The third-order valence-electron chi connectivity index (χ3n) is 3.12. The second-order valence-electron chi connectivity index (χ2n) is 6.15. The van der Waals surface area contributed by atoms with Gasteiger partial charge in [0.05, 0.1) is 17.8 Å². The Kier molecular flexibility index (Phi) is 5.41. The van der Waals surface area contributed by atoms with Crippen LogP contribution < -0.4 is 10.1 Å². The molecule has 0 aromatic heterocycles. The predicted molar refractivity (Wildman–Crippen MR) is 90.9 cm³/mol. The van der Waals surface area contributed by atoms with E-state index in [1.807, 2.05) is 0 Å². The monoisotopic (exact) mass is 332 g/mol. The van der Waals surface area contributed by atoms with Gasteiger partial charge in [-0.15, -0.1) is 0 Å². The number of anilines is 1. The maximum absolute atomic E-state index is 13.3. The van der Waals surface area contributed by atoms with Crippen molar-refractivity contribution in [3.05, 3.63) is 54.3 Å². The molecule has 0 saturated heterocycles. The molecule has 2 amide bonds. The summed E-state index contributed by atoms with van der Waals surface area (Å²) >= 11 is 0. The van der Waals surface area contributed by atoms with Crippen molar-refractivity contribution in [2.45, 2.75) is 19.4 Å². The number of aliphatic hydroxyl groups is 1. The third kappa shape index (κ3) is 5.24. The highest BCUT2D eigenvalue weighted by molar-refractivity contribution is 5.90. The summed E-state index contributed by atoms with van der Waals surface area (Å²) in [5, 5.41) is 12.5. The van der Waals surface area contributed by atoms with E-state index < -0.39 is 11.4 Å². The molecule has 2 aromatic rings. The van der Waals surface area contributed by atoms with Gasteiger partial charge in [0.25, 0.3) is 0 Å². The number of nitrogens with one attached hydrogen (secondary N) is 1. The first-order chi connectivity index (χ1) is 11.2. The molecule has 2 N–H and O–H groups in total. The molecule has 0 spiro atoms. The summed E-state index contributed by atoms with van der Waals surface area (Å²) in [4.78, 5) is 13.6. The molecule has 2 rings (SSSR count). The molecule has 24 heavy (non-hydrogen) atoms. The Morgan fingerprint density at radius 3 is 2.62 bits per heavy atom. The molecular weight excluding hydrogens is 311 g/mol. The maximum Gasteiger partial charge on any atom is 0.321 e. The maximum atomic E-state index is 13.3. The highest BCUT2D eigenvalue weighted by atomic mass is 19.1. The van der Waals surface area contributed by atoms with Gasteiger partial charge in [0, 0.05) is 13.1 Å². The van der Waals surface area contributed by atoms with Crippen LogP contribution in [0.15, 0.2) is 48.5 Å². The van der Waals surface area contributed by atoms with Crippen molar-refractivity contribution < 1.29 is 19.0 Å². The van der Waals surface area contributed by atoms with E-state index in [9.17, 15) is 14.3 Å². The fourth-order valence-corrected chi connectivity index (χ4v) is 2.18. The van der Waals surface area contributed by atoms with Crippen LogP contribution >= 0.6 is 0 Å². The summed E-state index contributed by atoms with van der Waals surface area (Å²) in [6, 6.07) is 12.2. The summed E-state index contributed by atoms with van der Waals surface area (Å²) in [6.07, 6.45) is 0. The summed E-state index contributed by atoms with van der Waals surface area (Å²) in [5.74, 6) is 0.327. The number of ether oxygens (including phenoxy) is 1. The zero-order valence-electron chi connectivity index (χ0n) is 13.9. The molecule has 128 valence electrons. The van der Waals surface area contributed by atoms with Crippen LogP contribution in [-0.2, 0) is 0 Å². The fraction of sp³-hybridized carbons (Fsp3) is 0.278. The number of benzene rings is 2. The molecule has 0 aliphatic carbocycles. The highest BCUT2D eigenvalue weighted by Gasteiger charge is 2.20. The van der Waals surface area contributed by atoms with E-state index in [-0.39, 0.29) is 12.6 Å². The second kappa shape index (κ2) is 7.31. The summed E-state index contributed by atoms with van der Waals surface area (Å²) in [7, 11) is 1.59. The standard InChI is InChI=1S/C18H21FN2O3/c1-18(2,23)12-21(3)17(22)20-15-9-4-5-10-16(15)24-14-8-6-7-13(19)11-14/h4-11,23H,12H2,1-3H3,(H,20,22). The number of halogens is 1. The Balaban J connectivity index is 2.12. The Labute approximate surface area is 140 Å². The van der Waals surface area contributed by atoms with Crippen LogP contribution in [0.1, 0.15) is 13.8 Å². The molecular formula is C18H21FN2O3. The van der Waals surface area contributed by atoms with Gasteiger partial charge in [0.2, 0.25) is 0 Å². The lowest BCUT2D eigenvalue weighted by Crippen LogP contribution is -2.41. The van der Waals surface area contributed by atoms with Gasteiger partial charge in [-0.3, -0.25) is 0 Å². The summed E-state index contributed by atoms with van der Waals surface area (Å²) in [6.45, 7) is 3.42. The zero-order chi connectivity index (χ0) is 17.7. The molecule has 0 radical (unpaired) electrons. The number of hydrogen-bond donors (Lipinski definition) is 2.